The van der Waals surface area contributed by atoms with Gasteiger partial charge in [-0.05, 0) is 18.2 Å². The van der Waals surface area contributed by atoms with Crippen molar-refractivity contribution >= 4 is 5.97 Å². The van der Waals surface area contributed by atoms with Gasteiger partial charge >= 0.3 is 18.3 Å². The van der Waals surface area contributed by atoms with E-state index in [1.165, 1.54) is 0 Å². The number of aromatic carboxylic acids is 1. The molecule has 1 aromatic rings. The number of hydrogen-bond donors (Lipinski definition) is 1. The van der Waals surface area contributed by atoms with E-state index in [1.807, 2.05) is 0 Å². The van der Waals surface area contributed by atoms with Gasteiger partial charge in [-0.25, -0.2) is 4.79 Å². The fourth-order valence-corrected chi connectivity index (χ4v) is 1.20. The van der Waals surface area contributed by atoms with Gasteiger partial charge in [-0.2, -0.15) is 26.3 Å². The SMILES string of the molecule is O=C(O)c1cc(OCC(F)(F)F)ccc1C(F)(F)F. The van der Waals surface area contributed by atoms with E-state index >= 15 is 0 Å². The molecule has 0 aliphatic rings. The van der Waals surface area contributed by atoms with Crippen molar-refractivity contribution in [2.45, 2.75) is 12.4 Å². The predicted octanol–water partition coefficient (Wildman–Crippen LogP) is 3.34. The van der Waals surface area contributed by atoms with Gasteiger partial charge in [0.15, 0.2) is 6.61 Å². The number of ether oxygens (including phenoxy) is 1. The summed E-state index contributed by atoms with van der Waals surface area (Å²) in [6, 6.07) is 1.38. The quantitative estimate of drug-likeness (QED) is 0.868. The molecule has 0 saturated carbocycles. The van der Waals surface area contributed by atoms with E-state index in [9.17, 15) is 31.1 Å². The molecule has 0 atom stereocenters. The molecule has 0 aromatic heterocycles. The van der Waals surface area contributed by atoms with Gasteiger partial charge < -0.3 is 9.84 Å². The minimum absolute atomic E-state index is 0.356. The Balaban J connectivity index is 3.07. The fraction of sp³-hybridized carbons (Fsp3) is 0.300. The average Bonchev–Trinajstić information content (AvgIpc) is 2.23. The third-order valence-electron chi connectivity index (χ3n) is 1.93. The Morgan fingerprint density at radius 3 is 2.16 bits per heavy atom. The molecule has 0 aliphatic carbocycles. The zero-order valence-electron chi connectivity index (χ0n) is 8.97. The van der Waals surface area contributed by atoms with Crippen molar-refractivity contribution in [3.8, 4) is 5.75 Å². The molecule has 0 saturated heterocycles. The molecule has 0 bridgehead atoms. The van der Waals surface area contributed by atoms with Gasteiger partial charge in [0.2, 0.25) is 0 Å². The number of hydrogen-bond acceptors (Lipinski definition) is 2. The van der Waals surface area contributed by atoms with Crippen molar-refractivity contribution in [2.24, 2.45) is 0 Å². The summed E-state index contributed by atoms with van der Waals surface area (Å²) in [5.41, 5.74) is -2.63. The summed E-state index contributed by atoms with van der Waals surface area (Å²) in [6.07, 6.45) is -9.59. The summed E-state index contributed by atoms with van der Waals surface area (Å²) < 4.78 is 77.0. The van der Waals surface area contributed by atoms with Crippen molar-refractivity contribution in [1.29, 1.82) is 0 Å². The van der Waals surface area contributed by atoms with Crippen molar-refractivity contribution in [3.63, 3.8) is 0 Å². The van der Waals surface area contributed by atoms with Gasteiger partial charge in [0.05, 0.1) is 11.1 Å². The molecule has 0 spiro atoms. The Bertz CT molecular complexity index is 477. The predicted molar refractivity (Wildman–Crippen MR) is 50.0 cm³/mol. The first-order chi connectivity index (χ1) is 8.50. The van der Waals surface area contributed by atoms with Crippen molar-refractivity contribution in [1.82, 2.24) is 0 Å². The molecule has 0 unspecified atom stereocenters. The van der Waals surface area contributed by atoms with E-state index in [-0.39, 0.29) is 0 Å². The Hall–Kier alpha value is -1.93. The molecule has 19 heavy (non-hydrogen) atoms. The molecule has 0 radical (unpaired) electrons. The summed E-state index contributed by atoms with van der Waals surface area (Å²) >= 11 is 0. The first kappa shape index (κ1) is 15.1. The van der Waals surface area contributed by atoms with Crippen LogP contribution in [0.2, 0.25) is 0 Å². The highest BCUT2D eigenvalue weighted by Gasteiger charge is 2.36. The smallest absolute Gasteiger partial charge is 0.422 e. The van der Waals surface area contributed by atoms with E-state index in [0.29, 0.717) is 18.2 Å². The topological polar surface area (TPSA) is 46.5 Å². The third kappa shape index (κ3) is 4.34. The molecule has 0 fully saturated rings. The number of alkyl halides is 6. The van der Waals surface area contributed by atoms with Crippen LogP contribution in [0.1, 0.15) is 15.9 Å². The highest BCUT2D eigenvalue weighted by Crippen LogP contribution is 2.34. The standard InChI is InChI=1S/C10H6F6O3/c11-9(12,13)4-19-5-1-2-7(10(14,15)16)6(3-5)8(17)18/h1-3H,4H2,(H,17,18). The second-order valence-electron chi connectivity index (χ2n) is 3.41. The van der Waals surface area contributed by atoms with Crippen molar-refractivity contribution < 1.29 is 41.0 Å². The van der Waals surface area contributed by atoms with Gasteiger partial charge in [-0.3, -0.25) is 0 Å². The Labute approximate surface area is 102 Å². The summed E-state index contributed by atoms with van der Waals surface area (Å²) in [6.45, 7) is -1.72. The minimum atomic E-state index is -4.92. The highest BCUT2D eigenvalue weighted by molar-refractivity contribution is 5.90. The first-order valence-corrected chi connectivity index (χ1v) is 4.65. The Morgan fingerprint density at radius 2 is 1.74 bits per heavy atom. The first-order valence-electron chi connectivity index (χ1n) is 4.65. The lowest BCUT2D eigenvalue weighted by atomic mass is 10.1. The largest absolute Gasteiger partial charge is 0.484 e. The van der Waals surface area contributed by atoms with Gasteiger partial charge in [0, 0.05) is 0 Å². The number of benzene rings is 1. The van der Waals surface area contributed by atoms with Crippen LogP contribution in [0.4, 0.5) is 26.3 Å². The lowest BCUT2D eigenvalue weighted by Gasteiger charge is -2.13. The molecule has 1 aromatic carbocycles. The van der Waals surface area contributed by atoms with Crippen LogP contribution in [0.3, 0.4) is 0 Å². The van der Waals surface area contributed by atoms with Crippen LogP contribution >= 0.6 is 0 Å². The van der Waals surface area contributed by atoms with Crippen LogP contribution in [0.25, 0.3) is 0 Å². The second-order valence-corrected chi connectivity index (χ2v) is 3.41. The van der Waals surface area contributed by atoms with Crippen LogP contribution in [-0.4, -0.2) is 23.9 Å². The molecule has 1 N–H and O–H groups in total. The number of carbonyl (C=O) groups is 1. The molecule has 0 aliphatic heterocycles. The Kier molecular flexibility index (Phi) is 3.97. The molecule has 3 nitrogen and oxygen atoms in total. The highest BCUT2D eigenvalue weighted by atomic mass is 19.4. The summed E-state index contributed by atoms with van der Waals surface area (Å²) in [7, 11) is 0. The van der Waals surface area contributed by atoms with Gasteiger partial charge in [-0.1, -0.05) is 0 Å². The number of halogens is 6. The number of rotatable bonds is 3. The van der Waals surface area contributed by atoms with Crippen LogP contribution < -0.4 is 4.74 Å². The van der Waals surface area contributed by atoms with Crippen molar-refractivity contribution in [2.75, 3.05) is 6.61 Å². The van der Waals surface area contributed by atoms with Crippen LogP contribution in [0, 0.1) is 0 Å². The van der Waals surface area contributed by atoms with Crippen molar-refractivity contribution in [3.05, 3.63) is 29.3 Å². The summed E-state index contributed by atoms with van der Waals surface area (Å²) in [4.78, 5) is 10.6. The average molecular weight is 288 g/mol. The molecule has 106 valence electrons. The van der Waals surface area contributed by atoms with E-state index in [0.717, 1.165) is 0 Å². The minimum Gasteiger partial charge on any atom is -0.484 e. The maximum Gasteiger partial charge on any atom is 0.422 e. The third-order valence-corrected chi connectivity index (χ3v) is 1.93. The van der Waals surface area contributed by atoms with E-state index in [2.05, 4.69) is 4.74 Å². The van der Waals surface area contributed by atoms with Crippen LogP contribution in [-0.2, 0) is 6.18 Å². The molecule has 1 rings (SSSR count). The maximum atomic E-state index is 12.4. The molecule has 9 heteroatoms. The number of carboxylic acid groups (broad SMARTS) is 1. The lowest BCUT2D eigenvalue weighted by molar-refractivity contribution is -0.153. The van der Waals surface area contributed by atoms with E-state index in [1.54, 1.807) is 0 Å². The van der Waals surface area contributed by atoms with E-state index in [4.69, 9.17) is 5.11 Å². The summed E-state index contributed by atoms with van der Waals surface area (Å²) in [5, 5.41) is 8.60. The monoisotopic (exact) mass is 288 g/mol. The molecule has 0 amide bonds. The van der Waals surface area contributed by atoms with Gasteiger partial charge in [0.1, 0.15) is 5.75 Å². The van der Waals surface area contributed by atoms with E-state index < -0.39 is 41.8 Å². The van der Waals surface area contributed by atoms with Gasteiger partial charge in [0.25, 0.3) is 0 Å². The normalized spacial score (nSPS) is 12.3. The lowest BCUT2D eigenvalue weighted by Crippen LogP contribution is -2.20. The fourth-order valence-electron chi connectivity index (χ4n) is 1.20. The van der Waals surface area contributed by atoms with Crippen LogP contribution in [0.5, 0.6) is 5.75 Å². The summed E-state index contributed by atoms with van der Waals surface area (Å²) in [5.74, 6) is -2.52. The molecular weight excluding hydrogens is 282 g/mol. The maximum absolute atomic E-state index is 12.4. The van der Waals surface area contributed by atoms with Gasteiger partial charge in [-0.15, -0.1) is 0 Å². The zero-order chi connectivity index (χ0) is 14.8. The number of carboxylic acids is 1. The van der Waals surface area contributed by atoms with Crippen LogP contribution in [0.15, 0.2) is 18.2 Å². The zero-order valence-corrected chi connectivity index (χ0v) is 8.97. The Morgan fingerprint density at radius 1 is 1.16 bits per heavy atom. The molecule has 0 heterocycles. The molecular formula is C10H6F6O3. The second kappa shape index (κ2) is 4.98.